The van der Waals surface area contributed by atoms with Gasteiger partial charge in [-0.05, 0) is 24.3 Å². The van der Waals surface area contributed by atoms with E-state index in [9.17, 15) is 9.59 Å². The molecule has 0 aromatic heterocycles. The zero-order valence-electron chi connectivity index (χ0n) is 10.9. The van der Waals surface area contributed by atoms with E-state index in [0.29, 0.717) is 5.75 Å². The highest BCUT2D eigenvalue weighted by molar-refractivity contribution is 8.00. The lowest BCUT2D eigenvalue weighted by Crippen LogP contribution is -2.40. The summed E-state index contributed by atoms with van der Waals surface area (Å²) >= 11 is 3.31. The summed E-state index contributed by atoms with van der Waals surface area (Å²) in [5.74, 6) is 1.94. The summed E-state index contributed by atoms with van der Waals surface area (Å²) in [4.78, 5) is 26.6. The topological polar surface area (TPSA) is 46.6 Å². The number of fused-ring (bicyclic) bond motifs is 1. The van der Waals surface area contributed by atoms with E-state index in [-0.39, 0.29) is 24.5 Å². The molecule has 1 atom stereocenters. The molecule has 20 heavy (non-hydrogen) atoms. The zero-order valence-corrected chi connectivity index (χ0v) is 12.5. The number of nitrogens with zero attached hydrogens (tertiary/aromatic N) is 1. The third-order valence-electron chi connectivity index (χ3n) is 3.28. The minimum Gasteiger partial charge on any atom is -0.460 e. The summed E-state index contributed by atoms with van der Waals surface area (Å²) in [7, 11) is 0. The van der Waals surface area contributed by atoms with Crippen molar-refractivity contribution in [1.82, 2.24) is 0 Å². The van der Waals surface area contributed by atoms with E-state index < -0.39 is 0 Å². The molecule has 1 saturated heterocycles. The van der Waals surface area contributed by atoms with Crippen LogP contribution in [0.15, 0.2) is 29.2 Å². The van der Waals surface area contributed by atoms with Crippen LogP contribution < -0.4 is 4.90 Å². The third-order valence-corrected chi connectivity index (χ3v) is 5.46. The maximum Gasteiger partial charge on any atom is 0.326 e. The SMILES string of the molecule is O=C(CN1C(=O)CSc2ccccc21)O[C@H]1CCSC1. The molecule has 0 saturated carbocycles. The first-order chi connectivity index (χ1) is 9.74. The van der Waals surface area contributed by atoms with Crippen molar-refractivity contribution in [3.63, 3.8) is 0 Å². The van der Waals surface area contributed by atoms with Crippen LogP contribution in [-0.2, 0) is 14.3 Å². The van der Waals surface area contributed by atoms with Crippen LogP contribution >= 0.6 is 23.5 Å². The Bertz CT molecular complexity index is 529. The molecule has 6 heteroatoms. The van der Waals surface area contributed by atoms with Crippen LogP contribution in [-0.4, -0.2) is 41.8 Å². The van der Waals surface area contributed by atoms with Gasteiger partial charge in [-0.25, -0.2) is 0 Å². The predicted octanol–water partition coefficient (Wildman–Crippen LogP) is 2.17. The van der Waals surface area contributed by atoms with Gasteiger partial charge in [-0.1, -0.05) is 12.1 Å². The molecule has 0 N–H and O–H groups in total. The molecule has 0 spiro atoms. The first kappa shape index (κ1) is 13.8. The number of esters is 1. The molecule has 0 aliphatic carbocycles. The molecule has 1 aromatic rings. The second-order valence-corrected chi connectivity index (χ2v) is 6.88. The largest absolute Gasteiger partial charge is 0.460 e. The lowest BCUT2D eigenvalue weighted by molar-refractivity contribution is -0.146. The van der Waals surface area contributed by atoms with Crippen LogP contribution in [0.1, 0.15) is 6.42 Å². The van der Waals surface area contributed by atoms with Gasteiger partial charge in [0.05, 0.1) is 11.4 Å². The maximum absolute atomic E-state index is 12.0. The highest BCUT2D eigenvalue weighted by Gasteiger charge is 2.28. The van der Waals surface area contributed by atoms with Gasteiger partial charge < -0.3 is 4.74 Å². The number of carbonyl (C=O) groups excluding carboxylic acids is 2. The Morgan fingerprint density at radius 2 is 2.25 bits per heavy atom. The van der Waals surface area contributed by atoms with Crippen LogP contribution in [0.4, 0.5) is 5.69 Å². The third kappa shape index (κ3) is 2.96. The Hall–Kier alpha value is -1.14. The molecule has 0 bridgehead atoms. The zero-order chi connectivity index (χ0) is 13.9. The molecular weight excluding hydrogens is 294 g/mol. The molecule has 1 amide bonds. The summed E-state index contributed by atoms with van der Waals surface area (Å²) in [6.07, 6.45) is 0.925. The van der Waals surface area contributed by atoms with Crippen molar-refractivity contribution >= 4 is 41.1 Å². The van der Waals surface area contributed by atoms with Gasteiger partial charge in [0.2, 0.25) is 5.91 Å². The molecule has 1 fully saturated rings. The lowest BCUT2D eigenvalue weighted by Gasteiger charge is -2.28. The number of benzene rings is 1. The van der Waals surface area contributed by atoms with E-state index in [2.05, 4.69) is 0 Å². The summed E-state index contributed by atoms with van der Waals surface area (Å²) in [5, 5.41) is 0. The number of anilines is 1. The number of rotatable bonds is 3. The van der Waals surface area contributed by atoms with Gasteiger partial charge in [-0.2, -0.15) is 11.8 Å². The molecule has 2 aliphatic heterocycles. The van der Waals surface area contributed by atoms with Crippen molar-refractivity contribution in [2.24, 2.45) is 0 Å². The first-order valence-corrected chi connectivity index (χ1v) is 8.67. The van der Waals surface area contributed by atoms with Crippen molar-refractivity contribution in [3.8, 4) is 0 Å². The van der Waals surface area contributed by atoms with Crippen molar-refractivity contribution in [3.05, 3.63) is 24.3 Å². The molecule has 0 unspecified atom stereocenters. The highest BCUT2D eigenvalue weighted by Crippen LogP contribution is 2.34. The Morgan fingerprint density at radius 3 is 3.05 bits per heavy atom. The Balaban J connectivity index is 1.69. The summed E-state index contributed by atoms with van der Waals surface area (Å²) < 4.78 is 5.42. The number of thioether (sulfide) groups is 2. The number of hydrogen-bond acceptors (Lipinski definition) is 5. The van der Waals surface area contributed by atoms with Crippen LogP contribution in [0.5, 0.6) is 0 Å². The minimum absolute atomic E-state index is 0.0111. The quantitative estimate of drug-likeness (QED) is 0.801. The standard InChI is InChI=1S/C14H15NO3S2/c16-13-9-20-12-4-2-1-3-11(12)15(13)7-14(17)18-10-5-6-19-8-10/h1-4,10H,5-9H2/t10-/m0/s1. The molecule has 106 valence electrons. The van der Waals surface area contributed by atoms with E-state index in [1.807, 2.05) is 24.3 Å². The van der Waals surface area contributed by atoms with Gasteiger partial charge in [0, 0.05) is 10.6 Å². The van der Waals surface area contributed by atoms with Crippen LogP contribution in [0, 0.1) is 0 Å². The van der Waals surface area contributed by atoms with Gasteiger partial charge in [-0.15, -0.1) is 11.8 Å². The second kappa shape index (κ2) is 6.10. The van der Waals surface area contributed by atoms with Crippen LogP contribution in [0.25, 0.3) is 0 Å². The first-order valence-electron chi connectivity index (χ1n) is 6.53. The van der Waals surface area contributed by atoms with Crippen molar-refractivity contribution in [2.45, 2.75) is 17.4 Å². The number of para-hydroxylation sites is 1. The van der Waals surface area contributed by atoms with E-state index in [0.717, 1.165) is 28.5 Å². The normalized spacial score (nSPS) is 21.7. The fraction of sp³-hybridized carbons (Fsp3) is 0.429. The summed E-state index contributed by atoms with van der Waals surface area (Å²) in [6.45, 7) is 0.0115. The average molecular weight is 309 g/mol. The van der Waals surface area contributed by atoms with Gasteiger partial charge in [0.25, 0.3) is 0 Å². The number of hydrogen-bond donors (Lipinski definition) is 0. The van der Waals surface area contributed by atoms with Crippen molar-refractivity contribution in [1.29, 1.82) is 0 Å². The van der Waals surface area contributed by atoms with Gasteiger partial charge in [0.15, 0.2) is 0 Å². The monoisotopic (exact) mass is 309 g/mol. The maximum atomic E-state index is 12.0. The number of ether oxygens (including phenoxy) is 1. The fourth-order valence-electron chi connectivity index (χ4n) is 2.29. The molecule has 3 rings (SSSR count). The van der Waals surface area contributed by atoms with E-state index >= 15 is 0 Å². The molecule has 4 nitrogen and oxygen atoms in total. The van der Waals surface area contributed by atoms with Gasteiger partial charge in [0.1, 0.15) is 12.6 Å². The van der Waals surface area contributed by atoms with Gasteiger partial charge in [-0.3, -0.25) is 14.5 Å². The Kier molecular flexibility index (Phi) is 4.21. The lowest BCUT2D eigenvalue weighted by atomic mass is 10.2. The molecule has 0 radical (unpaired) electrons. The minimum atomic E-state index is -0.312. The van der Waals surface area contributed by atoms with E-state index in [1.165, 1.54) is 16.7 Å². The number of carbonyl (C=O) groups is 2. The molecule has 1 aromatic carbocycles. The van der Waals surface area contributed by atoms with Crippen LogP contribution in [0.3, 0.4) is 0 Å². The summed E-state index contributed by atoms with van der Waals surface area (Å²) in [6, 6.07) is 7.66. The van der Waals surface area contributed by atoms with Crippen molar-refractivity contribution in [2.75, 3.05) is 28.7 Å². The van der Waals surface area contributed by atoms with Crippen LogP contribution in [0.2, 0.25) is 0 Å². The summed E-state index contributed by atoms with van der Waals surface area (Å²) in [5.41, 5.74) is 0.812. The smallest absolute Gasteiger partial charge is 0.326 e. The average Bonchev–Trinajstić information content (AvgIpc) is 2.95. The Labute approximate surface area is 126 Å². The van der Waals surface area contributed by atoms with Crippen molar-refractivity contribution < 1.29 is 14.3 Å². The number of amides is 1. The van der Waals surface area contributed by atoms with E-state index in [1.54, 1.807) is 11.8 Å². The predicted molar refractivity (Wildman–Crippen MR) is 81.3 cm³/mol. The molecular formula is C14H15NO3S2. The Morgan fingerprint density at radius 1 is 1.40 bits per heavy atom. The highest BCUT2D eigenvalue weighted by atomic mass is 32.2. The van der Waals surface area contributed by atoms with Gasteiger partial charge >= 0.3 is 5.97 Å². The molecule has 2 heterocycles. The van der Waals surface area contributed by atoms with E-state index in [4.69, 9.17) is 4.74 Å². The second-order valence-electron chi connectivity index (χ2n) is 4.71. The fourth-order valence-corrected chi connectivity index (χ4v) is 4.31. The molecule has 2 aliphatic rings.